The molecular weight excluding hydrogens is 458 g/mol. The molecule has 1 spiro atoms. The van der Waals surface area contributed by atoms with Crippen molar-refractivity contribution in [2.45, 2.75) is 89.5 Å². The molecule has 0 radical (unpaired) electrons. The molecule has 3 fully saturated rings. The monoisotopic (exact) mass is 503 g/mol. The van der Waals surface area contributed by atoms with E-state index in [9.17, 15) is 19.5 Å². The topological polar surface area (TPSA) is 90.4 Å². The average Bonchev–Trinajstić information content (AvgIpc) is 3.51. The largest absolute Gasteiger partial charge is 0.394 e. The summed E-state index contributed by atoms with van der Waals surface area (Å²) in [5, 5.41) is 10.2. The molecule has 2 unspecified atom stereocenters. The third kappa shape index (κ3) is 4.86. The molecule has 3 amide bonds. The van der Waals surface area contributed by atoms with Crippen molar-refractivity contribution in [1.29, 1.82) is 0 Å². The molecule has 6 atom stereocenters. The molecule has 0 aromatic heterocycles. The van der Waals surface area contributed by atoms with Crippen LogP contribution in [0.3, 0.4) is 0 Å². The Bertz CT molecular complexity index is 828. The van der Waals surface area contributed by atoms with E-state index in [1.165, 1.54) is 0 Å². The molecule has 2 bridgehead atoms. The highest BCUT2D eigenvalue weighted by Crippen LogP contribution is 2.59. The fourth-order valence-corrected chi connectivity index (χ4v) is 6.56. The number of nitrogens with zero attached hydrogens (tertiary/aromatic N) is 3. The van der Waals surface area contributed by atoms with Crippen molar-refractivity contribution < 1.29 is 24.2 Å². The lowest BCUT2D eigenvalue weighted by atomic mass is 9.70. The van der Waals surface area contributed by atoms with Crippen molar-refractivity contribution in [3.05, 3.63) is 25.3 Å². The fourth-order valence-electron chi connectivity index (χ4n) is 6.56. The van der Waals surface area contributed by atoms with E-state index in [-0.39, 0.29) is 30.4 Å². The number of carbonyl (C=O) groups is 3. The van der Waals surface area contributed by atoms with Gasteiger partial charge < -0.3 is 24.5 Å². The van der Waals surface area contributed by atoms with E-state index >= 15 is 0 Å². The van der Waals surface area contributed by atoms with Gasteiger partial charge >= 0.3 is 0 Å². The summed E-state index contributed by atoms with van der Waals surface area (Å²) in [7, 11) is 0. The number of fused-ring (bicyclic) bond motifs is 1. The normalized spacial score (nSPS) is 29.2. The summed E-state index contributed by atoms with van der Waals surface area (Å²) in [6.07, 6.45) is 8.43. The Kier molecular flexibility index (Phi) is 9.75. The minimum absolute atomic E-state index is 0.0994. The lowest BCUT2D eigenvalue weighted by Crippen LogP contribution is -2.58. The van der Waals surface area contributed by atoms with Crippen LogP contribution in [0.2, 0.25) is 0 Å². The van der Waals surface area contributed by atoms with E-state index in [1.807, 2.05) is 13.8 Å². The maximum absolute atomic E-state index is 14.2. The van der Waals surface area contributed by atoms with Crippen molar-refractivity contribution in [1.82, 2.24) is 14.7 Å². The van der Waals surface area contributed by atoms with Gasteiger partial charge in [0.15, 0.2) is 0 Å². The van der Waals surface area contributed by atoms with Crippen molar-refractivity contribution in [3.8, 4) is 0 Å². The Morgan fingerprint density at radius 1 is 1.11 bits per heavy atom. The van der Waals surface area contributed by atoms with Gasteiger partial charge in [0.1, 0.15) is 11.6 Å². The number of aliphatic hydroxyl groups excluding tert-OH is 1. The van der Waals surface area contributed by atoms with Gasteiger partial charge in [0.25, 0.3) is 0 Å². The van der Waals surface area contributed by atoms with Gasteiger partial charge in [-0.15, -0.1) is 13.2 Å². The van der Waals surface area contributed by atoms with E-state index in [0.29, 0.717) is 45.4 Å². The fraction of sp³-hybridized carbons (Fsp3) is 0.750. The molecule has 1 N–H and O–H groups in total. The molecule has 36 heavy (non-hydrogen) atoms. The van der Waals surface area contributed by atoms with Crippen LogP contribution in [-0.2, 0) is 19.1 Å². The number of amides is 3. The predicted octanol–water partition coefficient (Wildman–Crippen LogP) is 2.76. The van der Waals surface area contributed by atoms with Gasteiger partial charge in [0.05, 0.1) is 30.6 Å². The van der Waals surface area contributed by atoms with E-state index in [0.717, 1.165) is 25.7 Å². The SMILES string of the molecule is C=CCN(CCCCC)C(=O)C1N([C@@H](CC)CO)C(=O)[C@@H]2[C@H](C(=O)N(CC=C)CCC)[C@@H]3CCC12O3. The minimum Gasteiger partial charge on any atom is -0.394 e. The van der Waals surface area contributed by atoms with Gasteiger partial charge in [0, 0.05) is 26.2 Å². The molecule has 8 heteroatoms. The predicted molar refractivity (Wildman–Crippen MR) is 139 cm³/mol. The number of hydrogen-bond donors (Lipinski definition) is 1. The van der Waals surface area contributed by atoms with Crippen LogP contribution in [0.5, 0.6) is 0 Å². The third-order valence-corrected chi connectivity index (χ3v) is 8.18. The zero-order valence-corrected chi connectivity index (χ0v) is 22.4. The molecule has 3 rings (SSSR count). The maximum atomic E-state index is 14.2. The standard InChI is InChI=1S/C28H45N3O5/c1-6-11-12-18-30(17-9-4)27(35)24-28-14-13-21(36-28)22(25(33)29(15-7-2)16-8-3)23(28)26(34)31(24)20(10-5)19-32/h7,9,20-24,32H,2,4,6,8,10-19H2,1,3,5H3/t20-,21-,22+,23-,24?,28?/m0/s1. The van der Waals surface area contributed by atoms with Gasteiger partial charge in [-0.25, -0.2) is 0 Å². The highest BCUT2D eigenvalue weighted by molar-refractivity contribution is 5.99. The summed E-state index contributed by atoms with van der Waals surface area (Å²) in [4.78, 5) is 47.1. The van der Waals surface area contributed by atoms with Crippen molar-refractivity contribution in [2.24, 2.45) is 11.8 Å². The van der Waals surface area contributed by atoms with Crippen LogP contribution < -0.4 is 0 Å². The Morgan fingerprint density at radius 3 is 2.33 bits per heavy atom. The van der Waals surface area contributed by atoms with E-state index in [1.54, 1.807) is 26.9 Å². The summed E-state index contributed by atoms with van der Waals surface area (Å²) >= 11 is 0. The first-order chi connectivity index (χ1) is 17.4. The van der Waals surface area contributed by atoms with Gasteiger partial charge in [-0.3, -0.25) is 14.4 Å². The quantitative estimate of drug-likeness (QED) is 0.274. The molecular formula is C28H45N3O5. The molecule has 0 saturated carbocycles. The zero-order chi connectivity index (χ0) is 26.5. The van der Waals surface area contributed by atoms with Crippen molar-refractivity contribution >= 4 is 17.7 Å². The first kappa shape index (κ1) is 28.4. The van der Waals surface area contributed by atoms with Gasteiger partial charge in [-0.2, -0.15) is 0 Å². The average molecular weight is 504 g/mol. The smallest absolute Gasteiger partial charge is 0.248 e. The molecule has 3 heterocycles. The Hall–Kier alpha value is -2.19. The summed E-state index contributed by atoms with van der Waals surface area (Å²) in [6.45, 7) is 15.4. The Balaban J connectivity index is 2.03. The number of likely N-dealkylation sites (tertiary alicyclic amines) is 1. The van der Waals surface area contributed by atoms with Crippen LogP contribution in [0.4, 0.5) is 0 Å². The Morgan fingerprint density at radius 2 is 1.78 bits per heavy atom. The molecule has 0 aromatic carbocycles. The minimum atomic E-state index is -1.04. The number of carbonyl (C=O) groups excluding carboxylic acids is 3. The second-order valence-corrected chi connectivity index (χ2v) is 10.4. The zero-order valence-electron chi connectivity index (χ0n) is 22.4. The number of aliphatic hydroxyl groups is 1. The second-order valence-electron chi connectivity index (χ2n) is 10.4. The summed E-state index contributed by atoms with van der Waals surface area (Å²) in [5.41, 5.74) is -1.04. The highest BCUT2D eigenvalue weighted by atomic mass is 16.5. The van der Waals surface area contributed by atoms with Gasteiger partial charge in [0.2, 0.25) is 17.7 Å². The first-order valence-electron chi connectivity index (χ1n) is 13.8. The molecule has 0 aliphatic carbocycles. The second kappa shape index (κ2) is 12.4. The maximum Gasteiger partial charge on any atom is 0.248 e. The summed E-state index contributed by atoms with van der Waals surface area (Å²) in [6, 6.07) is -1.36. The van der Waals surface area contributed by atoms with Crippen LogP contribution in [0.25, 0.3) is 0 Å². The van der Waals surface area contributed by atoms with Crippen LogP contribution in [-0.4, -0.2) is 94.1 Å². The van der Waals surface area contributed by atoms with Gasteiger partial charge in [-0.05, 0) is 32.1 Å². The van der Waals surface area contributed by atoms with Crippen molar-refractivity contribution in [2.75, 3.05) is 32.8 Å². The number of hydrogen-bond acceptors (Lipinski definition) is 5. The Labute approximate surface area is 216 Å². The van der Waals surface area contributed by atoms with Crippen LogP contribution in [0.15, 0.2) is 25.3 Å². The third-order valence-electron chi connectivity index (χ3n) is 8.18. The first-order valence-corrected chi connectivity index (χ1v) is 13.8. The molecule has 202 valence electrons. The van der Waals surface area contributed by atoms with E-state index in [4.69, 9.17) is 4.74 Å². The molecule has 8 nitrogen and oxygen atoms in total. The molecule has 3 aliphatic heterocycles. The van der Waals surface area contributed by atoms with Crippen molar-refractivity contribution in [3.63, 3.8) is 0 Å². The van der Waals surface area contributed by atoms with E-state index < -0.39 is 29.5 Å². The molecule has 3 saturated heterocycles. The molecule has 0 aromatic rings. The number of ether oxygens (including phenoxy) is 1. The summed E-state index contributed by atoms with van der Waals surface area (Å²) in [5.74, 6) is -1.85. The van der Waals surface area contributed by atoms with Crippen LogP contribution >= 0.6 is 0 Å². The number of unbranched alkanes of at least 4 members (excludes halogenated alkanes) is 2. The summed E-state index contributed by atoms with van der Waals surface area (Å²) < 4.78 is 6.56. The van der Waals surface area contributed by atoms with E-state index in [2.05, 4.69) is 20.1 Å². The number of rotatable bonds is 15. The lowest BCUT2D eigenvalue weighted by Gasteiger charge is -2.39. The lowest BCUT2D eigenvalue weighted by molar-refractivity contribution is -0.152. The van der Waals surface area contributed by atoms with Crippen LogP contribution in [0, 0.1) is 11.8 Å². The highest BCUT2D eigenvalue weighted by Gasteiger charge is 2.75. The van der Waals surface area contributed by atoms with Gasteiger partial charge in [-0.1, -0.05) is 45.8 Å². The van der Waals surface area contributed by atoms with Crippen LogP contribution in [0.1, 0.15) is 65.7 Å². The molecule has 3 aliphatic rings.